The second-order valence-electron chi connectivity index (χ2n) is 4.15. The van der Waals surface area contributed by atoms with Gasteiger partial charge in [0.05, 0.1) is 0 Å². The van der Waals surface area contributed by atoms with E-state index in [-0.39, 0.29) is 19.8 Å². The number of carbonyl (C=O) groups excluding carboxylic acids is 3. The third-order valence-corrected chi connectivity index (χ3v) is 6.60. The molecule has 0 saturated heterocycles. The van der Waals surface area contributed by atoms with Crippen molar-refractivity contribution in [2.45, 2.75) is 20.8 Å². The van der Waals surface area contributed by atoms with E-state index in [9.17, 15) is 14.4 Å². The Morgan fingerprint density at radius 1 is 0.913 bits per heavy atom. The SMILES string of the molecule is CCOP1(OCC)(OCC)OC(=O)C(C(=O)OC)=C1C(=O)OC. The molecule has 9 nitrogen and oxygen atoms in total. The third kappa shape index (κ3) is 3.10. The summed E-state index contributed by atoms with van der Waals surface area (Å²) in [5.41, 5.74) is -0.646. The van der Waals surface area contributed by atoms with E-state index in [0.29, 0.717) is 0 Å². The number of rotatable bonds is 8. The van der Waals surface area contributed by atoms with E-state index < -0.39 is 36.3 Å². The molecule has 23 heavy (non-hydrogen) atoms. The van der Waals surface area contributed by atoms with Gasteiger partial charge in [0.1, 0.15) is 0 Å². The molecule has 0 spiro atoms. The minimum absolute atomic E-state index is 0.0000487. The number of methoxy groups -OCH3 is 2. The summed E-state index contributed by atoms with van der Waals surface area (Å²) in [6.45, 7) is 4.81. The molecule has 1 aliphatic heterocycles. The summed E-state index contributed by atoms with van der Waals surface area (Å²) in [6, 6.07) is 0. The molecule has 0 aliphatic carbocycles. The molecule has 0 unspecified atom stereocenters. The molecular formula is C13H21O9P. The second kappa shape index (κ2) is 7.35. The maximum atomic E-state index is 12.3. The van der Waals surface area contributed by atoms with Crippen LogP contribution in [0.1, 0.15) is 20.8 Å². The summed E-state index contributed by atoms with van der Waals surface area (Å²) in [4.78, 5) is 36.5. The summed E-state index contributed by atoms with van der Waals surface area (Å²) in [6.07, 6.45) is 0. The maximum absolute atomic E-state index is 12.3. The molecule has 0 N–H and O–H groups in total. The van der Waals surface area contributed by atoms with Gasteiger partial charge in [0.15, 0.2) is 0 Å². The van der Waals surface area contributed by atoms with Gasteiger partial charge >= 0.3 is 133 Å². The summed E-state index contributed by atoms with van der Waals surface area (Å²) < 4.78 is 31.2. The van der Waals surface area contributed by atoms with Gasteiger partial charge in [0, 0.05) is 0 Å². The Balaban J connectivity index is 3.79. The average Bonchev–Trinajstić information content (AvgIpc) is 2.76. The van der Waals surface area contributed by atoms with Crippen LogP contribution in [0.15, 0.2) is 10.9 Å². The van der Waals surface area contributed by atoms with E-state index in [4.69, 9.17) is 18.1 Å². The molecule has 0 amide bonds. The molecule has 132 valence electrons. The molecule has 10 heteroatoms. The van der Waals surface area contributed by atoms with Crippen LogP contribution >= 0.6 is 7.51 Å². The zero-order valence-electron chi connectivity index (χ0n) is 13.7. The Bertz CT molecular complexity index is 520. The van der Waals surface area contributed by atoms with E-state index in [2.05, 4.69) is 9.47 Å². The summed E-state index contributed by atoms with van der Waals surface area (Å²) >= 11 is 0. The van der Waals surface area contributed by atoms with Crippen LogP contribution in [0.3, 0.4) is 0 Å². The zero-order valence-corrected chi connectivity index (χ0v) is 14.6. The van der Waals surface area contributed by atoms with Crippen molar-refractivity contribution in [3.63, 3.8) is 0 Å². The van der Waals surface area contributed by atoms with Crippen molar-refractivity contribution < 1.29 is 42.0 Å². The zero-order chi connectivity index (χ0) is 17.7. The predicted molar refractivity (Wildman–Crippen MR) is 78.9 cm³/mol. The molecule has 1 heterocycles. The van der Waals surface area contributed by atoms with Gasteiger partial charge < -0.3 is 0 Å². The van der Waals surface area contributed by atoms with Crippen LogP contribution in [0, 0.1) is 0 Å². The van der Waals surface area contributed by atoms with Gasteiger partial charge in [-0.1, -0.05) is 0 Å². The molecule has 0 fully saturated rings. The van der Waals surface area contributed by atoms with Gasteiger partial charge in [-0.3, -0.25) is 0 Å². The van der Waals surface area contributed by atoms with Gasteiger partial charge in [-0.15, -0.1) is 0 Å². The van der Waals surface area contributed by atoms with Gasteiger partial charge in [0.2, 0.25) is 0 Å². The topological polar surface area (TPSA) is 107 Å². The molecule has 0 radical (unpaired) electrons. The fraction of sp³-hybridized carbons (Fsp3) is 0.615. The van der Waals surface area contributed by atoms with Crippen LogP contribution in [0.2, 0.25) is 0 Å². The average molecular weight is 352 g/mol. The van der Waals surface area contributed by atoms with Crippen molar-refractivity contribution in [3.8, 4) is 0 Å². The van der Waals surface area contributed by atoms with Crippen molar-refractivity contribution in [1.82, 2.24) is 0 Å². The molecule has 0 bridgehead atoms. The number of hydrogen-bond acceptors (Lipinski definition) is 9. The van der Waals surface area contributed by atoms with Crippen LogP contribution < -0.4 is 0 Å². The van der Waals surface area contributed by atoms with Crippen molar-refractivity contribution in [2.75, 3.05) is 34.0 Å². The van der Waals surface area contributed by atoms with Crippen molar-refractivity contribution in [3.05, 3.63) is 10.9 Å². The first kappa shape index (κ1) is 19.5. The van der Waals surface area contributed by atoms with Crippen LogP contribution in [0.5, 0.6) is 0 Å². The van der Waals surface area contributed by atoms with Gasteiger partial charge in [-0.2, -0.15) is 0 Å². The number of ether oxygens (including phenoxy) is 2. The van der Waals surface area contributed by atoms with Crippen molar-refractivity contribution >= 4 is 25.4 Å². The quantitative estimate of drug-likeness (QED) is 0.364. The Morgan fingerprint density at radius 2 is 1.35 bits per heavy atom. The fourth-order valence-electron chi connectivity index (χ4n) is 2.20. The minimum atomic E-state index is -4.84. The van der Waals surface area contributed by atoms with E-state index in [0.717, 1.165) is 14.2 Å². The van der Waals surface area contributed by atoms with Gasteiger partial charge in [-0.25, -0.2) is 0 Å². The Hall–Kier alpha value is -1.54. The number of carbonyl (C=O) groups is 3. The third-order valence-electron chi connectivity index (χ3n) is 2.87. The molecule has 1 aliphatic rings. The molecule has 0 atom stereocenters. The second-order valence-corrected chi connectivity index (χ2v) is 7.18. The standard InChI is InChI=1S/C13H21O9P/c1-6-19-23(20-7-2,21-8-3)10(13(16)18-5)9(11(14)17-4)12(15)22-23/h6-8H2,1-5H3. The normalized spacial score (nSPS) is 20.4. The Morgan fingerprint density at radius 3 is 1.70 bits per heavy atom. The molecule has 0 aromatic carbocycles. The molecule has 1 rings (SSSR count). The molecule has 0 aromatic heterocycles. The monoisotopic (exact) mass is 352 g/mol. The van der Waals surface area contributed by atoms with Crippen LogP contribution in [-0.2, 0) is 42.0 Å². The van der Waals surface area contributed by atoms with E-state index in [1.807, 2.05) is 0 Å². The van der Waals surface area contributed by atoms with E-state index in [1.54, 1.807) is 20.8 Å². The van der Waals surface area contributed by atoms with E-state index in [1.165, 1.54) is 0 Å². The van der Waals surface area contributed by atoms with Crippen LogP contribution in [-0.4, -0.2) is 51.9 Å². The Kier molecular flexibility index (Phi) is 6.24. The van der Waals surface area contributed by atoms with Crippen LogP contribution in [0.25, 0.3) is 0 Å². The summed E-state index contributed by atoms with van der Waals surface area (Å²) in [5.74, 6) is -3.21. The first-order valence-electron chi connectivity index (χ1n) is 6.98. The summed E-state index contributed by atoms with van der Waals surface area (Å²) in [5, 5.41) is -0.513. The van der Waals surface area contributed by atoms with Gasteiger partial charge in [-0.05, 0) is 0 Å². The first-order valence-corrected chi connectivity index (χ1v) is 8.89. The number of esters is 2. The molecular weight excluding hydrogens is 331 g/mol. The molecule has 0 saturated carbocycles. The van der Waals surface area contributed by atoms with Crippen molar-refractivity contribution in [1.29, 1.82) is 0 Å². The number of hydrogen-bond donors (Lipinski definition) is 0. The fourth-order valence-corrected chi connectivity index (χ4v) is 5.71. The van der Waals surface area contributed by atoms with Crippen LogP contribution in [0.4, 0.5) is 0 Å². The first-order chi connectivity index (χ1) is 10.8. The van der Waals surface area contributed by atoms with Crippen molar-refractivity contribution in [2.24, 2.45) is 0 Å². The predicted octanol–water partition coefficient (Wildman–Crippen LogP) is 1.47. The summed E-state index contributed by atoms with van der Waals surface area (Å²) in [7, 11) is -2.70. The van der Waals surface area contributed by atoms with Gasteiger partial charge in [0.25, 0.3) is 0 Å². The Labute approximate surface area is 134 Å². The van der Waals surface area contributed by atoms with E-state index >= 15 is 0 Å². The molecule has 0 aromatic rings.